The molecule has 0 bridgehead atoms. The maximum atomic E-state index is 12.1. The van der Waals surface area contributed by atoms with E-state index < -0.39 is 0 Å². The van der Waals surface area contributed by atoms with Crippen LogP contribution in [0.1, 0.15) is 33.1 Å². The molecule has 0 spiro atoms. The molecule has 21 heavy (non-hydrogen) atoms. The van der Waals surface area contributed by atoms with Crippen molar-refractivity contribution in [2.24, 2.45) is 5.41 Å². The van der Waals surface area contributed by atoms with Crippen LogP contribution in [0.15, 0.2) is 18.2 Å². The summed E-state index contributed by atoms with van der Waals surface area (Å²) in [5.74, 6) is 2.17. The Balaban J connectivity index is 2.02. The van der Waals surface area contributed by atoms with Gasteiger partial charge in [0.2, 0.25) is 5.91 Å². The van der Waals surface area contributed by atoms with Crippen molar-refractivity contribution >= 4 is 24.2 Å². The number of carbonyl (C=O) groups is 1. The molecule has 1 fully saturated rings. The van der Waals surface area contributed by atoms with Crippen molar-refractivity contribution in [3.63, 3.8) is 0 Å². The average Bonchev–Trinajstić information content (AvgIpc) is 3.22. The quantitative estimate of drug-likeness (QED) is 0.722. The molecule has 0 aromatic heterocycles. The molecule has 1 aromatic rings. The first-order valence-electron chi connectivity index (χ1n) is 7.43. The predicted octanol–water partition coefficient (Wildman–Crippen LogP) is 3.52. The topological polar surface area (TPSA) is 47.6 Å². The van der Waals surface area contributed by atoms with Crippen LogP contribution in [-0.4, -0.2) is 24.9 Å². The summed E-state index contributed by atoms with van der Waals surface area (Å²) >= 11 is 4.33. The van der Waals surface area contributed by atoms with Crippen molar-refractivity contribution in [3.8, 4) is 11.5 Å². The lowest BCUT2D eigenvalue weighted by atomic mass is 10.1. The lowest BCUT2D eigenvalue weighted by molar-refractivity contribution is -0.117. The highest BCUT2D eigenvalue weighted by atomic mass is 32.1. The first kappa shape index (κ1) is 16.0. The highest BCUT2D eigenvalue weighted by Crippen LogP contribution is 2.49. The standard InChI is InChI=1S/C16H23NO3S/c1-3-19-13-6-5-12(9-14(13)20-4-2)17-15(18)10-16(11-21)7-8-16/h5-6,9,21H,3-4,7-8,10-11H2,1-2H3,(H,17,18). The molecule has 1 aliphatic carbocycles. The van der Waals surface area contributed by atoms with Crippen LogP contribution in [0.3, 0.4) is 0 Å². The molecular formula is C16H23NO3S. The third-order valence-corrected chi connectivity index (χ3v) is 4.33. The van der Waals surface area contributed by atoms with E-state index >= 15 is 0 Å². The fourth-order valence-electron chi connectivity index (χ4n) is 2.24. The predicted molar refractivity (Wildman–Crippen MR) is 87.5 cm³/mol. The van der Waals surface area contributed by atoms with E-state index in [4.69, 9.17) is 9.47 Å². The van der Waals surface area contributed by atoms with Gasteiger partial charge in [-0.25, -0.2) is 0 Å². The Morgan fingerprint density at radius 1 is 1.24 bits per heavy atom. The third-order valence-electron chi connectivity index (χ3n) is 3.66. The van der Waals surface area contributed by atoms with Crippen LogP contribution in [0.4, 0.5) is 5.69 Å². The summed E-state index contributed by atoms with van der Waals surface area (Å²) < 4.78 is 11.1. The minimum absolute atomic E-state index is 0.0353. The molecular weight excluding hydrogens is 286 g/mol. The maximum absolute atomic E-state index is 12.1. The zero-order chi connectivity index (χ0) is 15.3. The average molecular weight is 309 g/mol. The van der Waals surface area contributed by atoms with Gasteiger partial charge in [-0.2, -0.15) is 12.6 Å². The number of ether oxygens (including phenoxy) is 2. The van der Waals surface area contributed by atoms with Gasteiger partial charge in [0.1, 0.15) is 0 Å². The molecule has 0 aliphatic heterocycles. The Kier molecular flexibility index (Phi) is 5.39. The molecule has 0 radical (unpaired) electrons. The fraction of sp³-hybridized carbons (Fsp3) is 0.562. The van der Waals surface area contributed by atoms with Gasteiger partial charge in [0.25, 0.3) is 0 Å². The van der Waals surface area contributed by atoms with Gasteiger partial charge in [0.05, 0.1) is 13.2 Å². The van der Waals surface area contributed by atoms with Gasteiger partial charge < -0.3 is 14.8 Å². The van der Waals surface area contributed by atoms with Gasteiger partial charge in [-0.05, 0) is 50.0 Å². The number of amides is 1. The monoisotopic (exact) mass is 309 g/mol. The SMILES string of the molecule is CCOc1ccc(NC(=O)CC2(CS)CC2)cc1OCC. The van der Waals surface area contributed by atoms with E-state index in [0.717, 1.165) is 24.3 Å². The number of anilines is 1. The normalized spacial score (nSPS) is 15.4. The number of thiol groups is 1. The van der Waals surface area contributed by atoms with Crippen LogP contribution < -0.4 is 14.8 Å². The van der Waals surface area contributed by atoms with Crippen LogP contribution in [0, 0.1) is 5.41 Å². The molecule has 5 heteroatoms. The number of benzene rings is 1. The molecule has 0 unspecified atom stereocenters. The Morgan fingerprint density at radius 2 is 1.90 bits per heavy atom. The van der Waals surface area contributed by atoms with Crippen molar-refractivity contribution in [1.82, 2.24) is 0 Å². The van der Waals surface area contributed by atoms with Gasteiger partial charge in [-0.15, -0.1) is 0 Å². The smallest absolute Gasteiger partial charge is 0.224 e. The summed E-state index contributed by atoms with van der Waals surface area (Å²) in [6.07, 6.45) is 2.72. The molecule has 116 valence electrons. The third kappa shape index (κ3) is 4.30. The zero-order valence-corrected chi connectivity index (χ0v) is 13.5. The Labute approximate surface area is 131 Å². The van der Waals surface area contributed by atoms with E-state index in [-0.39, 0.29) is 11.3 Å². The second-order valence-corrected chi connectivity index (χ2v) is 5.73. The van der Waals surface area contributed by atoms with Crippen LogP contribution in [0.5, 0.6) is 11.5 Å². The second-order valence-electron chi connectivity index (χ2n) is 5.41. The summed E-state index contributed by atoms with van der Waals surface area (Å²) in [5.41, 5.74) is 0.864. The van der Waals surface area contributed by atoms with Gasteiger partial charge in [0.15, 0.2) is 11.5 Å². The van der Waals surface area contributed by atoms with Crippen LogP contribution in [-0.2, 0) is 4.79 Å². The van der Waals surface area contributed by atoms with E-state index in [9.17, 15) is 4.79 Å². The Bertz CT molecular complexity index is 500. The fourth-order valence-corrected chi connectivity index (χ4v) is 2.67. The minimum atomic E-state index is 0.0353. The van der Waals surface area contributed by atoms with Gasteiger partial charge in [-0.3, -0.25) is 4.79 Å². The number of nitrogens with one attached hydrogen (secondary N) is 1. The van der Waals surface area contributed by atoms with Crippen LogP contribution >= 0.6 is 12.6 Å². The van der Waals surface area contributed by atoms with E-state index in [1.54, 1.807) is 0 Å². The molecule has 0 heterocycles. The highest BCUT2D eigenvalue weighted by molar-refractivity contribution is 7.80. The number of rotatable bonds is 8. The summed E-state index contributed by atoms with van der Waals surface area (Å²) in [5, 5.41) is 2.93. The first-order valence-corrected chi connectivity index (χ1v) is 8.06. The molecule has 2 rings (SSSR count). The lowest BCUT2D eigenvalue weighted by Crippen LogP contribution is -2.18. The number of hydrogen-bond acceptors (Lipinski definition) is 4. The van der Waals surface area contributed by atoms with Crippen molar-refractivity contribution in [1.29, 1.82) is 0 Å². The highest BCUT2D eigenvalue weighted by Gasteiger charge is 2.42. The van der Waals surface area contributed by atoms with Crippen LogP contribution in [0.25, 0.3) is 0 Å². The van der Waals surface area contributed by atoms with Crippen LogP contribution in [0.2, 0.25) is 0 Å². The summed E-state index contributed by atoms with van der Waals surface area (Å²) in [6.45, 7) is 4.99. The number of hydrogen-bond donors (Lipinski definition) is 2. The second kappa shape index (κ2) is 7.07. The summed E-state index contributed by atoms with van der Waals surface area (Å²) in [4.78, 5) is 12.1. The molecule has 1 aromatic carbocycles. The Morgan fingerprint density at radius 3 is 2.48 bits per heavy atom. The molecule has 0 atom stereocenters. The lowest BCUT2D eigenvalue weighted by Gasteiger charge is -2.14. The van der Waals surface area contributed by atoms with E-state index in [1.165, 1.54) is 0 Å². The van der Waals surface area contributed by atoms with E-state index in [2.05, 4.69) is 17.9 Å². The van der Waals surface area contributed by atoms with Crippen molar-refractivity contribution < 1.29 is 14.3 Å². The molecule has 1 amide bonds. The van der Waals surface area contributed by atoms with Gasteiger partial charge in [0, 0.05) is 18.2 Å². The van der Waals surface area contributed by atoms with Gasteiger partial charge in [-0.1, -0.05) is 0 Å². The Hall–Kier alpha value is -1.36. The largest absolute Gasteiger partial charge is 0.490 e. The van der Waals surface area contributed by atoms with Crippen molar-refractivity contribution in [3.05, 3.63) is 18.2 Å². The van der Waals surface area contributed by atoms with Crippen molar-refractivity contribution in [2.45, 2.75) is 33.1 Å². The van der Waals surface area contributed by atoms with E-state index in [1.807, 2.05) is 32.0 Å². The summed E-state index contributed by atoms with van der Waals surface area (Å²) in [7, 11) is 0. The molecule has 1 N–H and O–H groups in total. The zero-order valence-electron chi connectivity index (χ0n) is 12.6. The molecule has 4 nitrogen and oxygen atoms in total. The summed E-state index contributed by atoms with van der Waals surface area (Å²) in [6, 6.07) is 5.48. The van der Waals surface area contributed by atoms with Crippen molar-refractivity contribution in [2.75, 3.05) is 24.3 Å². The molecule has 0 saturated heterocycles. The number of carbonyl (C=O) groups excluding carboxylic acids is 1. The minimum Gasteiger partial charge on any atom is -0.490 e. The molecule has 1 aliphatic rings. The van der Waals surface area contributed by atoms with E-state index in [0.29, 0.717) is 31.1 Å². The maximum Gasteiger partial charge on any atom is 0.224 e. The molecule has 1 saturated carbocycles. The van der Waals surface area contributed by atoms with Gasteiger partial charge >= 0.3 is 0 Å². The first-order chi connectivity index (χ1) is 10.1.